The minimum atomic E-state index is -3.69. The van der Waals surface area contributed by atoms with E-state index in [9.17, 15) is 13.5 Å². The Morgan fingerprint density at radius 1 is 1.00 bits per heavy atom. The molecule has 26 heavy (non-hydrogen) atoms. The molecule has 0 aliphatic carbocycles. The van der Waals surface area contributed by atoms with Crippen molar-refractivity contribution in [2.45, 2.75) is 29.8 Å². The number of aliphatic hydroxyl groups is 1. The van der Waals surface area contributed by atoms with E-state index in [1.54, 1.807) is 12.1 Å². The summed E-state index contributed by atoms with van der Waals surface area (Å²) in [5, 5.41) is 13.8. The molecular weight excluding hydrogens is 352 g/mol. The number of rotatable bonds is 6. The van der Waals surface area contributed by atoms with Gasteiger partial charge < -0.3 is 15.2 Å². The quantitative estimate of drug-likeness (QED) is 0.720. The van der Waals surface area contributed by atoms with Crippen LogP contribution in [0.2, 0.25) is 0 Å². The largest absolute Gasteiger partial charge is 0.457 e. The van der Waals surface area contributed by atoms with Gasteiger partial charge in [0.1, 0.15) is 11.5 Å². The molecule has 3 N–H and O–H groups in total. The molecule has 0 spiro atoms. The smallest absolute Gasteiger partial charge is 0.240 e. The Balaban J connectivity index is 1.63. The SMILES string of the molecule is O=S(=O)(NC[C@]1(O)CCCNCC1)c1ccc(Oc2ccccc2)cc1. The first-order valence-corrected chi connectivity index (χ1v) is 10.2. The van der Waals surface area contributed by atoms with Gasteiger partial charge >= 0.3 is 0 Å². The van der Waals surface area contributed by atoms with Gasteiger partial charge in [-0.2, -0.15) is 0 Å². The first-order chi connectivity index (χ1) is 12.5. The first-order valence-electron chi connectivity index (χ1n) is 8.73. The molecule has 7 heteroatoms. The second-order valence-electron chi connectivity index (χ2n) is 6.54. The fourth-order valence-corrected chi connectivity index (χ4v) is 4.03. The third kappa shape index (κ3) is 5.04. The molecule has 1 aliphatic heterocycles. The lowest BCUT2D eigenvalue weighted by Crippen LogP contribution is -2.43. The van der Waals surface area contributed by atoms with Crippen LogP contribution in [0, 0.1) is 0 Å². The highest BCUT2D eigenvalue weighted by Gasteiger charge is 2.29. The van der Waals surface area contributed by atoms with Crippen LogP contribution in [0.3, 0.4) is 0 Å². The van der Waals surface area contributed by atoms with E-state index in [0.717, 1.165) is 13.0 Å². The number of hydrogen-bond acceptors (Lipinski definition) is 5. The maximum absolute atomic E-state index is 12.5. The topological polar surface area (TPSA) is 87.7 Å². The predicted molar refractivity (Wildman–Crippen MR) is 99.8 cm³/mol. The molecule has 0 bridgehead atoms. The molecule has 1 fully saturated rings. The van der Waals surface area contributed by atoms with E-state index in [2.05, 4.69) is 10.0 Å². The molecule has 1 heterocycles. The van der Waals surface area contributed by atoms with Gasteiger partial charge in [0.05, 0.1) is 10.5 Å². The van der Waals surface area contributed by atoms with E-state index in [-0.39, 0.29) is 11.4 Å². The second kappa shape index (κ2) is 8.18. The molecule has 1 saturated heterocycles. The van der Waals surface area contributed by atoms with Gasteiger partial charge in [-0.25, -0.2) is 13.1 Å². The van der Waals surface area contributed by atoms with Gasteiger partial charge in [-0.3, -0.25) is 0 Å². The zero-order valence-electron chi connectivity index (χ0n) is 14.5. The van der Waals surface area contributed by atoms with Gasteiger partial charge in [0.2, 0.25) is 10.0 Å². The van der Waals surface area contributed by atoms with Crippen LogP contribution in [-0.2, 0) is 10.0 Å². The van der Waals surface area contributed by atoms with Gasteiger partial charge in [0.15, 0.2) is 0 Å². The molecular formula is C19H24N2O4S. The lowest BCUT2D eigenvalue weighted by atomic mass is 9.95. The van der Waals surface area contributed by atoms with Crippen molar-refractivity contribution >= 4 is 10.0 Å². The van der Waals surface area contributed by atoms with E-state index >= 15 is 0 Å². The third-order valence-corrected chi connectivity index (χ3v) is 5.88. The average molecular weight is 376 g/mol. The minimum Gasteiger partial charge on any atom is -0.457 e. The fourth-order valence-electron chi connectivity index (χ4n) is 2.91. The Bertz CT molecular complexity index is 799. The van der Waals surface area contributed by atoms with Crippen LogP contribution in [0.1, 0.15) is 19.3 Å². The molecule has 6 nitrogen and oxygen atoms in total. The van der Waals surface area contributed by atoms with E-state index in [1.807, 2.05) is 30.3 Å². The van der Waals surface area contributed by atoms with Crippen LogP contribution in [0.4, 0.5) is 0 Å². The van der Waals surface area contributed by atoms with E-state index in [4.69, 9.17) is 4.74 Å². The average Bonchev–Trinajstić information content (AvgIpc) is 2.87. The van der Waals surface area contributed by atoms with E-state index in [0.29, 0.717) is 30.9 Å². The monoisotopic (exact) mass is 376 g/mol. The van der Waals surface area contributed by atoms with Crippen molar-refractivity contribution < 1.29 is 18.3 Å². The molecule has 2 aromatic carbocycles. The molecule has 0 amide bonds. The van der Waals surface area contributed by atoms with Gasteiger partial charge in [-0.1, -0.05) is 18.2 Å². The normalized spacial score (nSPS) is 21.1. The maximum Gasteiger partial charge on any atom is 0.240 e. The first kappa shape index (κ1) is 18.8. The van der Waals surface area contributed by atoms with Crippen LogP contribution < -0.4 is 14.8 Å². The van der Waals surface area contributed by atoms with Crippen LogP contribution >= 0.6 is 0 Å². The molecule has 2 aromatic rings. The minimum absolute atomic E-state index is 0.0132. The highest BCUT2D eigenvalue weighted by molar-refractivity contribution is 7.89. The second-order valence-corrected chi connectivity index (χ2v) is 8.31. The van der Waals surface area contributed by atoms with Crippen LogP contribution in [0.25, 0.3) is 0 Å². The molecule has 0 unspecified atom stereocenters. The van der Waals surface area contributed by atoms with Crippen molar-refractivity contribution in [2.24, 2.45) is 0 Å². The number of sulfonamides is 1. The highest BCUT2D eigenvalue weighted by Crippen LogP contribution is 2.23. The number of ether oxygens (including phenoxy) is 1. The van der Waals surface area contributed by atoms with Crippen molar-refractivity contribution in [1.29, 1.82) is 0 Å². The zero-order valence-corrected chi connectivity index (χ0v) is 15.3. The van der Waals surface area contributed by atoms with Crippen molar-refractivity contribution in [3.63, 3.8) is 0 Å². The van der Waals surface area contributed by atoms with Crippen molar-refractivity contribution in [1.82, 2.24) is 10.0 Å². The summed E-state index contributed by atoms with van der Waals surface area (Å²) >= 11 is 0. The molecule has 3 rings (SSSR count). The summed E-state index contributed by atoms with van der Waals surface area (Å²) in [5.74, 6) is 1.24. The summed E-state index contributed by atoms with van der Waals surface area (Å²) < 4.78 is 33.2. The number of benzene rings is 2. The maximum atomic E-state index is 12.5. The van der Waals surface area contributed by atoms with Crippen LogP contribution in [0.5, 0.6) is 11.5 Å². The molecule has 140 valence electrons. The Hall–Kier alpha value is -1.93. The predicted octanol–water partition coefficient (Wildman–Crippen LogP) is 2.26. The molecule has 0 radical (unpaired) electrons. The van der Waals surface area contributed by atoms with Crippen LogP contribution in [-0.4, -0.2) is 38.8 Å². The van der Waals surface area contributed by atoms with Gasteiger partial charge in [0.25, 0.3) is 0 Å². The van der Waals surface area contributed by atoms with Gasteiger partial charge in [0, 0.05) is 6.54 Å². The summed E-state index contributed by atoms with van der Waals surface area (Å²) in [7, 11) is -3.69. The third-order valence-electron chi connectivity index (χ3n) is 4.47. The summed E-state index contributed by atoms with van der Waals surface area (Å²) in [4.78, 5) is 0.147. The number of hydrogen-bond donors (Lipinski definition) is 3. The van der Waals surface area contributed by atoms with Crippen molar-refractivity contribution in [3.8, 4) is 11.5 Å². The Morgan fingerprint density at radius 2 is 1.69 bits per heavy atom. The Morgan fingerprint density at radius 3 is 2.42 bits per heavy atom. The highest BCUT2D eigenvalue weighted by atomic mass is 32.2. The lowest BCUT2D eigenvalue weighted by molar-refractivity contribution is 0.0335. The number of para-hydroxylation sites is 1. The summed E-state index contributed by atoms with van der Waals surface area (Å²) in [6, 6.07) is 15.5. The lowest BCUT2D eigenvalue weighted by Gasteiger charge is -2.26. The van der Waals surface area contributed by atoms with Gasteiger partial charge in [-0.15, -0.1) is 0 Å². The summed E-state index contributed by atoms with van der Waals surface area (Å²) in [6.07, 6.45) is 1.93. The molecule has 1 atom stereocenters. The summed E-state index contributed by atoms with van der Waals surface area (Å²) in [5.41, 5.74) is -1.01. The van der Waals surface area contributed by atoms with E-state index in [1.165, 1.54) is 12.1 Å². The molecule has 0 saturated carbocycles. The number of nitrogens with one attached hydrogen (secondary N) is 2. The van der Waals surface area contributed by atoms with Crippen molar-refractivity contribution in [3.05, 3.63) is 54.6 Å². The Kier molecular flexibility index (Phi) is 5.93. The van der Waals surface area contributed by atoms with E-state index < -0.39 is 15.6 Å². The summed E-state index contributed by atoms with van der Waals surface area (Å²) in [6.45, 7) is 1.54. The zero-order chi connectivity index (χ0) is 18.5. The fraction of sp³-hybridized carbons (Fsp3) is 0.368. The molecule has 1 aliphatic rings. The Labute approximate surface area is 154 Å². The van der Waals surface area contributed by atoms with Crippen LogP contribution in [0.15, 0.2) is 59.5 Å². The van der Waals surface area contributed by atoms with Gasteiger partial charge in [-0.05, 0) is 68.8 Å². The van der Waals surface area contributed by atoms with Crippen molar-refractivity contribution in [2.75, 3.05) is 19.6 Å². The molecule has 0 aromatic heterocycles. The standard InChI is InChI=1S/C19H24N2O4S/c22-19(11-4-13-20-14-12-19)15-21-26(23,24)18-9-7-17(8-10-18)25-16-5-2-1-3-6-16/h1-3,5-10,20-22H,4,11-15H2/t19-/m0/s1.